The van der Waals surface area contributed by atoms with Crippen molar-refractivity contribution < 1.29 is 14.3 Å². The average Bonchev–Trinajstić information content (AvgIpc) is 3.01. The summed E-state index contributed by atoms with van der Waals surface area (Å²) in [5.41, 5.74) is 3.21. The zero-order valence-electron chi connectivity index (χ0n) is 12.6. The van der Waals surface area contributed by atoms with E-state index < -0.39 is 6.10 Å². The van der Waals surface area contributed by atoms with Crippen molar-refractivity contribution in [2.24, 2.45) is 0 Å². The number of β-amino-alcohol motifs (C(OH)–C–C–N with tert-alkyl or cyclic N) is 1. The molecule has 0 aliphatic carbocycles. The van der Waals surface area contributed by atoms with E-state index in [1.54, 1.807) is 17.0 Å². The Morgan fingerprint density at radius 1 is 1.32 bits per heavy atom. The lowest BCUT2D eigenvalue weighted by Gasteiger charge is -2.24. The van der Waals surface area contributed by atoms with Gasteiger partial charge in [-0.25, -0.2) is 4.39 Å². The summed E-state index contributed by atoms with van der Waals surface area (Å²) in [4.78, 5) is 17.5. The number of aliphatic hydroxyl groups is 1. The van der Waals surface area contributed by atoms with Crippen LogP contribution in [-0.4, -0.2) is 33.5 Å². The Labute approximate surface area is 128 Å². The predicted molar refractivity (Wildman–Crippen MR) is 81.1 cm³/mol. The van der Waals surface area contributed by atoms with Gasteiger partial charge in [0.2, 0.25) is 0 Å². The molecule has 1 aromatic carbocycles. The van der Waals surface area contributed by atoms with E-state index in [1.807, 2.05) is 19.9 Å². The average molecular weight is 302 g/mol. The number of amides is 1. The van der Waals surface area contributed by atoms with Gasteiger partial charge in [0.25, 0.3) is 5.91 Å². The van der Waals surface area contributed by atoms with Crippen molar-refractivity contribution in [3.63, 3.8) is 0 Å². The number of rotatable bonds is 2. The molecule has 0 saturated carbocycles. The number of carbonyl (C=O) groups is 1. The van der Waals surface area contributed by atoms with E-state index in [1.165, 1.54) is 12.1 Å². The fourth-order valence-corrected chi connectivity index (χ4v) is 3.13. The number of hydrogen-bond donors (Lipinski definition) is 2. The van der Waals surface area contributed by atoms with E-state index in [9.17, 15) is 14.3 Å². The van der Waals surface area contributed by atoms with Gasteiger partial charge in [-0.1, -0.05) is 12.1 Å². The first-order chi connectivity index (χ1) is 10.5. The van der Waals surface area contributed by atoms with Crippen molar-refractivity contribution in [1.82, 2.24) is 9.88 Å². The summed E-state index contributed by atoms with van der Waals surface area (Å²) in [6.45, 7) is 4.08. The van der Waals surface area contributed by atoms with Crippen LogP contribution in [-0.2, 0) is 0 Å². The number of aromatic amines is 1. The minimum absolute atomic E-state index is 0.128. The van der Waals surface area contributed by atoms with E-state index in [0.29, 0.717) is 18.7 Å². The van der Waals surface area contributed by atoms with Crippen LogP contribution in [0.15, 0.2) is 30.3 Å². The van der Waals surface area contributed by atoms with Crippen LogP contribution in [0.3, 0.4) is 0 Å². The van der Waals surface area contributed by atoms with Crippen LogP contribution >= 0.6 is 0 Å². The number of aromatic nitrogens is 1. The fraction of sp³-hybridized carbons (Fsp3) is 0.353. The lowest BCUT2D eigenvalue weighted by atomic mass is 10.0. The van der Waals surface area contributed by atoms with Gasteiger partial charge in [0.15, 0.2) is 0 Å². The molecule has 0 bridgehead atoms. The maximum atomic E-state index is 13.1. The first kappa shape index (κ1) is 14.8. The zero-order chi connectivity index (χ0) is 15.9. The molecule has 1 saturated heterocycles. The van der Waals surface area contributed by atoms with Crippen molar-refractivity contribution in [3.8, 4) is 0 Å². The van der Waals surface area contributed by atoms with E-state index >= 15 is 0 Å². The van der Waals surface area contributed by atoms with Crippen LogP contribution < -0.4 is 0 Å². The monoisotopic (exact) mass is 302 g/mol. The fourth-order valence-electron chi connectivity index (χ4n) is 3.13. The molecule has 5 heteroatoms. The number of likely N-dealkylation sites (tertiary alicyclic amines) is 1. The van der Waals surface area contributed by atoms with Crippen LogP contribution in [0.5, 0.6) is 0 Å². The highest BCUT2D eigenvalue weighted by Gasteiger charge is 2.36. The first-order valence-electron chi connectivity index (χ1n) is 7.36. The Morgan fingerprint density at radius 2 is 2.00 bits per heavy atom. The molecule has 1 amide bonds. The molecule has 2 N–H and O–H groups in total. The van der Waals surface area contributed by atoms with E-state index in [-0.39, 0.29) is 17.8 Å². The standard InChI is InChI=1S/C17H19FN2O2/c1-10-7-11(2)19-16(10)17(22)20-9-14(21)8-15(20)12-3-5-13(18)6-4-12/h3-7,14-15,19,21H,8-9H2,1-2H3. The second-order valence-electron chi connectivity index (χ2n) is 5.92. The van der Waals surface area contributed by atoms with E-state index in [0.717, 1.165) is 16.8 Å². The van der Waals surface area contributed by atoms with Gasteiger partial charge in [0.1, 0.15) is 11.5 Å². The van der Waals surface area contributed by atoms with E-state index in [2.05, 4.69) is 4.98 Å². The molecule has 2 atom stereocenters. The maximum Gasteiger partial charge on any atom is 0.271 e. The molecule has 1 aromatic heterocycles. The quantitative estimate of drug-likeness (QED) is 0.896. The molecule has 1 aliphatic heterocycles. The lowest BCUT2D eigenvalue weighted by molar-refractivity contribution is 0.0709. The molecule has 2 aromatic rings. The molecular weight excluding hydrogens is 283 g/mol. The summed E-state index contributed by atoms with van der Waals surface area (Å²) < 4.78 is 13.1. The van der Waals surface area contributed by atoms with Crippen LogP contribution in [0.2, 0.25) is 0 Å². The molecule has 2 unspecified atom stereocenters. The highest BCUT2D eigenvalue weighted by Crippen LogP contribution is 2.33. The number of carbonyl (C=O) groups excluding carboxylic acids is 1. The molecule has 1 aliphatic rings. The van der Waals surface area contributed by atoms with Gasteiger partial charge < -0.3 is 15.0 Å². The molecule has 0 radical (unpaired) electrons. The Morgan fingerprint density at radius 3 is 2.59 bits per heavy atom. The van der Waals surface area contributed by atoms with Gasteiger partial charge in [0.05, 0.1) is 12.1 Å². The molecule has 3 rings (SSSR count). The van der Waals surface area contributed by atoms with Crippen LogP contribution in [0.4, 0.5) is 4.39 Å². The van der Waals surface area contributed by atoms with Crippen molar-refractivity contribution >= 4 is 5.91 Å². The minimum atomic E-state index is -0.560. The molecule has 1 fully saturated rings. The highest BCUT2D eigenvalue weighted by molar-refractivity contribution is 5.94. The number of halogens is 1. The van der Waals surface area contributed by atoms with Gasteiger partial charge in [-0.15, -0.1) is 0 Å². The number of hydrogen-bond acceptors (Lipinski definition) is 2. The summed E-state index contributed by atoms with van der Waals surface area (Å²) in [6.07, 6.45) is -0.0915. The summed E-state index contributed by atoms with van der Waals surface area (Å²) in [5.74, 6) is -0.438. The van der Waals surface area contributed by atoms with Gasteiger partial charge in [-0.3, -0.25) is 4.79 Å². The largest absolute Gasteiger partial charge is 0.391 e. The van der Waals surface area contributed by atoms with Crippen molar-refractivity contribution in [2.45, 2.75) is 32.4 Å². The summed E-state index contributed by atoms with van der Waals surface area (Å²) in [6, 6.07) is 7.80. The second kappa shape index (κ2) is 5.57. The Balaban J connectivity index is 1.92. The summed E-state index contributed by atoms with van der Waals surface area (Å²) in [7, 11) is 0. The third-order valence-electron chi connectivity index (χ3n) is 4.16. The predicted octanol–water partition coefficient (Wildman–Crippen LogP) is 2.72. The van der Waals surface area contributed by atoms with E-state index in [4.69, 9.17) is 0 Å². The van der Waals surface area contributed by atoms with Crippen LogP contribution in [0.1, 0.15) is 39.8 Å². The second-order valence-corrected chi connectivity index (χ2v) is 5.92. The molecular formula is C17H19FN2O2. The summed E-state index contributed by atoms with van der Waals surface area (Å²) >= 11 is 0. The summed E-state index contributed by atoms with van der Waals surface area (Å²) in [5, 5.41) is 9.98. The van der Waals surface area contributed by atoms with Gasteiger partial charge in [-0.05, 0) is 49.6 Å². The van der Waals surface area contributed by atoms with Crippen LogP contribution in [0, 0.1) is 19.7 Å². The van der Waals surface area contributed by atoms with Gasteiger partial charge in [-0.2, -0.15) is 0 Å². The number of aryl methyl sites for hydroxylation is 2. The molecule has 2 heterocycles. The third-order valence-corrected chi connectivity index (χ3v) is 4.16. The molecule has 116 valence electrons. The van der Waals surface area contributed by atoms with Gasteiger partial charge in [0, 0.05) is 12.2 Å². The Kier molecular flexibility index (Phi) is 3.74. The first-order valence-corrected chi connectivity index (χ1v) is 7.36. The number of H-pyrrole nitrogens is 1. The maximum absolute atomic E-state index is 13.1. The molecule has 22 heavy (non-hydrogen) atoms. The van der Waals surface area contributed by atoms with Crippen LogP contribution in [0.25, 0.3) is 0 Å². The number of nitrogens with one attached hydrogen (secondary N) is 1. The Hall–Kier alpha value is -2.14. The minimum Gasteiger partial charge on any atom is -0.391 e. The van der Waals surface area contributed by atoms with Crippen molar-refractivity contribution in [1.29, 1.82) is 0 Å². The molecule has 4 nitrogen and oxygen atoms in total. The van der Waals surface area contributed by atoms with Crippen molar-refractivity contribution in [2.75, 3.05) is 6.54 Å². The Bertz CT molecular complexity index is 693. The topological polar surface area (TPSA) is 56.3 Å². The van der Waals surface area contributed by atoms with Gasteiger partial charge >= 0.3 is 0 Å². The third kappa shape index (κ3) is 2.64. The zero-order valence-corrected chi connectivity index (χ0v) is 12.6. The smallest absolute Gasteiger partial charge is 0.271 e. The normalized spacial score (nSPS) is 21.4. The SMILES string of the molecule is Cc1cc(C)c(C(=O)N2CC(O)CC2c2ccc(F)cc2)[nH]1. The highest BCUT2D eigenvalue weighted by atomic mass is 19.1. The number of benzene rings is 1. The van der Waals surface area contributed by atoms with Crippen molar-refractivity contribution in [3.05, 3.63) is 58.7 Å². The molecule has 0 spiro atoms. The number of nitrogens with zero attached hydrogens (tertiary/aromatic N) is 1. The number of aliphatic hydroxyl groups excluding tert-OH is 1. The lowest BCUT2D eigenvalue weighted by Crippen LogP contribution is -2.32.